The quantitative estimate of drug-likeness (QED) is 0.753. The second kappa shape index (κ2) is 8.92. The van der Waals surface area contributed by atoms with Gasteiger partial charge in [-0.15, -0.1) is 11.3 Å². The van der Waals surface area contributed by atoms with E-state index in [0.717, 1.165) is 42.3 Å². The topological polar surface area (TPSA) is 66.0 Å². The molecule has 0 N–H and O–H groups in total. The predicted molar refractivity (Wildman–Crippen MR) is 111 cm³/mol. The molecule has 2 aliphatic rings. The summed E-state index contributed by atoms with van der Waals surface area (Å²) in [5.41, 5.74) is 2.09. The minimum absolute atomic E-state index is 0.0175. The summed E-state index contributed by atoms with van der Waals surface area (Å²) >= 11 is 1.67. The van der Waals surface area contributed by atoms with Gasteiger partial charge in [-0.1, -0.05) is 30.3 Å². The van der Waals surface area contributed by atoms with Crippen molar-refractivity contribution in [2.24, 2.45) is 0 Å². The van der Waals surface area contributed by atoms with Crippen molar-refractivity contribution in [3.8, 4) is 0 Å². The van der Waals surface area contributed by atoms with Crippen LogP contribution >= 0.6 is 11.3 Å². The molecule has 0 spiro atoms. The lowest BCUT2D eigenvalue weighted by Crippen LogP contribution is -2.43. The number of ether oxygens (including phenoxy) is 1. The third kappa shape index (κ3) is 4.76. The highest BCUT2D eigenvalue weighted by Crippen LogP contribution is 2.27. The molecule has 2 fully saturated rings. The number of aryl methyl sites for hydroxylation is 1. The van der Waals surface area contributed by atoms with Crippen LogP contribution in [-0.2, 0) is 16.1 Å². The average molecular weight is 415 g/mol. The molecule has 2 aromatic rings. The first-order chi connectivity index (χ1) is 14.1. The molecule has 2 saturated heterocycles. The van der Waals surface area contributed by atoms with E-state index < -0.39 is 6.09 Å². The number of thiazole rings is 1. The molecular formula is C21H26N4O3S. The van der Waals surface area contributed by atoms with Gasteiger partial charge < -0.3 is 9.64 Å². The monoisotopic (exact) mass is 414 g/mol. The molecule has 1 unspecified atom stereocenters. The van der Waals surface area contributed by atoms with Crippen LogP contribution in [0.2, 0.25) is 0 Å². The molecule has 3 heterocycles. The molecule has 0 radical (unpaired) electrons. The van der Waals surface area contributed by atoms with Gasteiger partial charge >= 0.3 is 6.09 Å². The minimum Gasteiger partial charge on any atom is -0.447 e. The third-order valence-corrected chi connectivity index (χ3v) is 6.28. The van der Waals surface area contributed by atoms with Crippen molar-refractivity contribution >= 4 is 23.3 Å². The summed E-state index contributed by atoms with van der Waals surface area (Å²) in [7, 11) is 0. The highest BCUT2D eigenvalue weighted by atomic mass is 32.1. The number of benzene rings is 1. The lowest BCUT2D eigenvalue weighted by atomic mass is 10.1. The zero-order valence-corrected chi connectivity index (χ0v) is 17.4. The molecule has 154 valence electrons. The molecule has 4 rings (SSSR count). The Hall–Kier alpha value is -2.45. The Morgan fingerprint density at radius 1 is 1.21 bits per heavy atom. The number of carbonyl (C=O) groups excluding carboxylic acids is 2. The van der Waals surface area contributed by atoms with E-state index in [9.17, 15) is 9.59 Å². The van der Waals surface area contributed by atoms with E-state index in [2.05, 4.69) is 15.3 Å². The van der Waals surface area contributed by atoms with Crippen LogP contribution in [0.15, 0.2) is 35.7 Å². The molecule has 0 saturated carbocycles. The van der Waals surface area contributed by atoms with Gasteiger partial charge in [0.25, 0.3) is 0 Å². The normalized spacial score (nSPS) is 20.6. The van der Waals surface area contributed by atoms with E-state index in [-0.39, 0.29) is 25.1 Å². The van der Waals surface area contributed by atoms with Crippen molar-refractivity contribution in [2.75, 3.05) is 39.3 Å². The van der Waals surface area contributed by atoms with Crippen molar-refractivity contribution in [1.82, 2.24) is 19.7 Å². The largest absolute Gasteiger partial charge is 0.447 e. The number of cyclic esters (lactones) is 1. The fourth-order valence-corrected chi connectivity index (χ4v) is 4.51. The molecule has 2 amide bonds. The molecule has 2 aliphatic heterocycles. The Bertz CT molecular complexity index is 857. The molecule has 1 atom stereocenters. The highest BCUT2D eigenvalue weighted by molar-refractivity contribution is 7.09. The number of nitrogens with zero attached hydrogens (tertiary/aromatic N) is 4. The summed E-state index contributed by atoms with van der Waals surface area (Å²) in [6.07, 6.45) is 0.504. The Balaban J connectivity index is 1.35. The van der Waals surface area contributed by atoms with Gasteiger partial charge in [-0.05, 0) is 18.9 Å². The van der Waals surface area contributed by atoms with Crippen LogP contribution in [0.1, 0.15) is 28.7 Å². The van der Waals surface area contributed by atoms with Gasteiger partial charge in [0.15, 0.2) is 0 Å². The van der Waals surface area contributed by atoms with Crippen LogP contribution in [0.4, 0.5) is 4.79 Å². The maximum absolute atomic E-state index is 12.9. The molecule has 1 aromatic heterocycles. The molecule has 29 heavy (non-hydrogen) atoms. The minimum atomic E-state index is -0.414. The van der Waals surface area contributed by atoms with E-state index >= 15 is 0 Å². The Labute approximate surface area is 174 Å². The average Bonchev–Trinajstić information content (AvgIpc) is 3.20. The van der Waals surface area contributed by atoms with E-state index in [1.807, 2.05) is 42.2 Å². The third-order valence-electron chi connectivity index (χ3n) is 5.46. The Kier molecular flexibility index (Phi) is 6.10. The van der Waals surface area contributed by atoms with Crippen molar-refractivity contribution in [3.05, 3.63) is 52.0 Å². The van der Waals surface area contributed by atoms with Gasteiger partial charge in [-0.2, -0.15) is 0 Å². The maximum Gasteiger partial charge on any atom is 0.410 e. The van der Waals surface area contributed by atoms with Crippen molar-refractivity contribution in [2.45, 2.75) is 25.9 Å². The van der Waals surface area contributed by atoms with Crippen LogP contribution in [-0.4, -0.2) is 71.0 Å². The van der Waals surface area contributed by atoms with Crippen molar-refractivity contribution in [1.29, 1.82) is 0 Å². The van der Waals surface area contributed by atoms with Crippen molar-refractivity contribution < 1.29 is 14.3 Å². The number of hydrogen-bond donors (Lipinski definition) is 0. The molecule has 8 heteroatoms. The predicted octanol–water partition coefficient (Wildman–Crippen LogP) is 2.68. The van der Waals surface area contributed by atoms with E-state index in [1.165, 1.54) is 0 Å². The summed E-state index contributed by atoms with van der Waals surface area (Å²) in [6, 6.07) is 9.54. The highest BCUT2D eigenvalue weighted by Gasteiger charge is 2.36. The fourth-order valence-electron chi connectivity index (χ4n) is 3.91. The van der Waals surface area contributed by atoms with Crippen LogP contribution < -0.4 is 0 Å². The van der Waals surface area contributed by atoms with Crippen LogP contribution in [0.25, 0.3) is 0 Å². The standard InChI is InChI=1S/C21H26N4O3S/c1-16-22-18(15-29-16)12-23-8-5-9-24(11-10-23)20(26)13-25-19(14-28-21(25)27)17-6-3-2-4-7-17/h2-4,6-7,15,19H,5,8-14H2,1H3. The van der Waals surface area contributed by atoms with Crippen LogP contribution in [0.5, 0.6) is 0 Å². The van der Waals surface area contributed by atoms with E-state index in [1.54, 1.807) is 16.2 Å². The van der Waals surface area contributed by atoms with Gasteiger partial charge in [0.05, 0.1) is 16.7 Å². The molecular weight excluding hydrogens is 388 g/mol. The van der Waals surface area contributed by atoms with Gasteiger partial charge in [0, 0.05) is 38.1 Å². The zero-order chi connectivity index (χ0) is 20.2. The Morgan fingerprint density at radius 2 is 2.03 bits per heavy atom. The van der Waals surface area contributed by atoms with Crippen LogP contribution in [0, 0.1) is 6.92 Å². The number of hydrogen-bond acceptors (Lipinski definition) is 6. The first-order valence-electron chi connectivity index (χ1n) is 9.99. The zero-order valence-electron chi connectivity index (χ0n) is 16.6. The van der Waals surface area contributed by atoms with E-state index in [4.69, 9.17) is 4.74 Å². The van der Waals surface area contributed by atoms with Gasteiger partial charge in [0.1, 0.15) is 13.2 Å². The number of carbonyl (C=O) groups is 2. The Morgan fingerprint density at radius 3 is 2.79 bits per heavy atom. The second-order valence-corrected chi connectivity index (χ2v) is 8.56. The molecule has 7 nitrogen and oxygen atoms in total. The summed E-state index contributed by atoms with van der Waals surface area (Å²) in [4.78, 5) is 35.5. The second-order valence-electron chi connectivity index (χ2n) is 7.50. The lowest BCUT2D eigenvalue weighted by Gasteiger charge is -2.26. The summed E-state index contributed by atoms with van der Waals surface area (Å²) in [5, 5.41) is 3.18. The SMILES string of the molecule is Cc1nc(CN2CCCN(C(=O)CN3C(=O)OCC3c3ccccc3)CC2)cs1. The summed E-state index contributed by atoms with van der Waals surface area (Å²) < 4.78 is 5.23. The lowest BCUT2D eigenvalue weighted by molar-refractivity contribution is -0.131. The first-order valence-corrected chi connectivity index (χ1v) is 10.9. The fraction of sp³-hybridized carbons (Fsp3) is 0.476. The molecule has 0 aliphatic carbocycles. The van der Waals surface area contributed by atoms with Crippen molar-refractivity contribution in [3.63, 3.8) is 0 Å². The molecule has 0 bridgehead atoms. The number of amides is 2. The number of aromatic nitrogens is 1. The first kappa shape index (κ1) is 19.8. The van der Waals surface area contributed by atoms with Gasteiger partial charge in [-0.3, -0.25) is 14.6 Å². The maximum atomic E-state index is 12.9. The number of rotatable bonds is 5. The summed E-state index contributed by atoms with van der Waals surface area (Å²) in [5.74, 6) is -0.0175. The van der Waals surface area contributed by atoms with E-state index in [0.29, 0.717) is 13.1 Å². The van der Waals surface area contributed by atoms with Gasteiger partial charge in [0.2, 0.25) is 5.91 Å². The van der Waals surface area contributed by atoms with Gasteiger partial charge in [-0.25, -0.2) is 9.78 Å². The smallest absolute Gasteiger partial charge is 0.410 e. The summed E-state index contributed by atoms with van der Waals surface area (Å²) in [6.45, 7) is 6.32. The van der Waals surface area contributed by atoms with Crippen LogP contribution in [0.3, 0.4) is 0 Å². The molecule has 1 aromatic carbocycles.